The normalized spacial score (nSPS) is 17.9. The molecule has 5 nitrogen and oxygen atoms in total. The fourth-order valence-electron chi connectivity index (χ4n) is 2.49. The molecule has 0 spiro atoms. The molecule has 3 rings (SSSR count). The Balaban J connectivity index is 1.86. The molecule has 1 atom stereocenters. The van der Waals surface area contributed by atoms with Crippen LogP contribution in [0.1, 0.15) is 27.8 Å². The number of nitrogens with one attached hydrogen (secondary N) is 1. The summed E-state index contributed by atoms with van der Waals surface area (Å²) in [4.78, 5) is 25.0. The molecule has 1 aliphatic rings. The van der Waals surface area contributed by atoms with E-state index < -0.39 is 0 Å². The highest BCUT2D eigenvalue weighted by Gasteiger charge is 2.32. The smallest absolute Gasteiger partial charge is 0.286 e. The first-order valence-corrected chi connectivity index (χ1v) is 9.93. The van der Waals surface area contributed by atoms with Crippen LogP contribution in [0.4, 0.5) is 0 Å². The minimum Gasteiger partial charge on any atom is -0.333 e. The molecule has 1 aromatic carbocycles. The molecule has 2 aromatic rings. The van der Waals surface area contributed by atoms with E-state index in [1.807, 2.05) is 30.3 Å². The van der Waals surface area contributed by atoms with Crippen molar-refractivity contribution < 1.29 is 9.59 Å². The molecule has 1 fully saturated rings. The number of carbonyl (C=O) groups excluding carboxylic acids is 2. The number of nitrogens with zero attached hydrogens (tertiary/aromatic N) is 2. The van der Waals surface area contributed by atoms with Gasteiger partial charge in [0.15, 0.2) is 0 Å². The maximum atomic E-state index is 12.6. The molecule has 126 valence electrons. The van der Waals surface area contributed by atoms with Crippen molar-refractivity contribution in [1.29, 1.82) is 0 Å². The Morgan fingerprint density at radius 2 is 2.00 bits per heavy atom. The lowest BCUT2D eigenvalue weighted by molar-refractivity contribution is -0.134. The van der Waals surface area contributed by atoms with Gasteiger partial charge in [-0.05, 0) is 43.5 Å². The molecule has 1 N–H and O–H groups in total. The Morgan fingerprint density at radius 1 is 1.29 bits per heavy atom. The molecule has 1 aliphatic heterocycles. The van der Waals surface area contributed by atoms with E-state index in [0.717, 1.165) is 20.4 Å². The summed E-state index contributed by atoms with van der Waals surface area (Å²) in [6.45, 7) is 0. The Labute approximate surface area is 161 Å². The maximum absolute atomic E-state index is 12.6. The molecule has 2 heterocycles. The fourth-order valence-corrected chi connectivity index (χ4v) is 4.47. The monoisotopic (exact) mass is 471 g/mol. The number of hydrogen-bond donors (Lipinski definition) is 1. The number of hydrogen-bond acceptors (Lipinski definition) is 3. The summed E-state index contributed by atoms with van der Waals surface area (Å²) in [5.74, 6) is 0.343. The van der Waals surface area contributed by atoms with E-state index in [-0.39, 0.29) is 17.2 Å². The molecule has 8 heteroatoms. The van der Waals surface area contributed by atoms with Gasteiger partial charge >= 0.3 is 0 Å². The SMILES string of the molecule is Cn1c(C(=O)NN2C(=O)CCSC2c2ccccc2)cc(Br)c1Br. The van der Waals surface area contributed by atoms with Gasteiger partial charge in [0.05, 0.1) is 9.08 Å². The van der Waals surface area contributed by atoms with Crippen LogP contribution in [-0.4, -0.2) is 27.1 Å². The second-order valence-corrected chi connectivity index (χ2v) is 8.11. The van der Waals surface area contributed by atoms with Gasteiger partial charge in [0.25, 0.3) is 5.91 Å². The van der Waals surface area contributed by atoms with Gasteiger partial charge in [-0.3, -0.25) is 15.0 Å². The van der Waals surface area contributed by atoms with E-state index in [1.165, 1.54) is 5.01 Å². The predicted molar refractivity (Wildman–Crippen MR) is 101 cm³/mol. The number of benzene rings is 1. The van der Waals surface area contributed by atoms with Crippen molar-refractivity contribution in [2.24, 2.45) is 7.05 Å². The van der Waals surface area contributed by atoms with Gasteiger partial charge in [-0.2, -0.15) is 0 Å². The summed E-state index contributed by atoms with van der Waals surface area (Å²) >= 11 is 8.44. The van der Waals surface area contributed by atoms with Gasteiger partial charge < -0.3 is 4.57 Å². The number of halogens is 2. The lowest BCUT2D eigenvalue weighted by atomic mass is 10.2. The molecule has 0 saturated carbocycles. The third-order valence-corrected chi connectivity index (χ3v) is 7.08. The molecule has 0 radical (unpaired) electrons. The van der Waals surface area contributed by atoms with Crippen molar-refractivity contribution >= 4 is 55.4 Å². The zero-order valence-corrected chi connectivity index (χ0v) is 16.8. The van der Waals surface area contributed by atoms with Gasteiger partial charge in [-0.1, -0.05) is 30.3 Å². The summed E-state index contributed by atoms with van der Waals surface area (Å²) in [6, 6.07) is 11.4. The summed E-state index contributed by atoms with van der Waals surface area (Å²) in [5.41, 5.74) is 4.23. The largest absolute Gasteiger partial charge is 0.333 e. The van der Waals surface area contributed by atoms with Crippen LogP contribution in [0.2, 0.25) is 0 Å². The number of thioether (sulfide) groups is 1. The van der Waals surface area contributed by atoms with Crippen molar-refractivity contribution in [2.75, 3.05) is 5.75 Å². The molecular formula is C16H15Br2N3O2S. The highest BCUT2D eigenvalue weighted by molar-refractivity contribution is 9.13. The van der Waals surface area contributed by atoms with Crippen LogP contribution >= 0.6 is 43.6 Å². The van der Waals surface area contributed by atoms with Crippen LogP contribution in [0.15, 0.2) is 45.5 Å². The molecule has 24 heavy (non-hydrogen) atoms. The quantitative estimate of drug-likeness (QED) is 0.737. The van der Waals surface area contributed by atoms with Crippen molar-refractivity contribution in [3.63, 3.8) is 0 Å². The topological polar surface area (TPSA) is 54.3 Å². The Hall–Kier alpha value is -1.25. The minimum absolute atomic E-state index is 0.0803. The fraction of sp³-hybridized carbons (Fsp3) is 0.250. The van der Waals surface area contributed by atoms with E-state index in [2.05, 4.69) is 37.3 Å². The van der Waals surface area contributed by atoms with E-state index in [0.29, 0.717) is 12.1 Å². The standard InChI is InChI=1S/C16H15Br2N3O2S/c1-20-12(9-11(17)14(20)18)15(23)19-21-13(22)7-8-24-16(21)10-5-3-2-4-6-10/h2-6,9,16H,7-8H2,1H3,(H,19,23). The van der Waals surface area contributed by atoms with E-state index in [1.54, 1.807) is 29.4 Å². The molecule has 0 aliphatic carbocycles. The van der Waals surface area contributed by atoms with Gasteiger partial charge in [-0.25, -0.2) is 5.01 Å². The predicted octanol–water partition coefficient (Wildman–Crippen LogP) is 3.86. The minimum atomic E-state index is -0.319. The maximum Gasteiger partial charge on any atom is 0.286 e. The van der Waals surface area contributed by atoms with Crippen LogP contribution in [0.3, 0.4) is 0 Å². The Kier molecular flexibility index (Phi) is 5.36. The van der Waals surface area contributed by atoms with Crippen molar-refractivity contribution in [2.45, 2.75) is 11.8 Å². The first-order chi connectivity index (χ1) is 11.5. The Morgan fingerprint density at radius 3 is 2.62 bits per heavy atom. The molecule has 1 saturated heterocycles. The third-order valence-electron chi connectivity index (χ3n) is 3.75. The number of rotatable bonds is 3. The first-order valence-electron chi connectivity index (χ1n) is 7.29. The van der Waals surface area contributed by atoms with Gasteiger partial charge in [0, 0.05) is 19.2 Å². The molecular weight excluding hydrogens is 458 g/mol. The lowest BCUT2D eigenvalue weighted by Gasteiger charge is -2.35. The molecule has 2 amide bonds. The van der Waals surface area contributed by atoms with E-state index in [9.17, 15) is 9.59 Å². The van der Waals surface area contributed by atoms with Crippen molar-refractivity contribution in [3.05, 3.63) is 56.7 Å². The van der Waals surface area contributed by atoms with E-state index >= 15 is 0 Å². The second kappa shape index (κ2) is 7.33. The summed E-state index contributed by atoms with van der Waals surface area (Å²) in [5, 5.41) is 1.23. The zero-order chi connectivity index (χ0) is 17.3. The second-order valence-electron chi connectivity index (χ2n) is 5.32. The highest BCUT2D eigenvalue weighted by Crippen LogP contribution is 2.36. The van der Waals surface area contributed by atoms with Gasteiger partial charge in [0.2, 0.25) is 5.91 Å². The lowest BCUT2D eigenvalue weighted by Crippen LogP contribution is -2.49. The molecule has 1 aromatic heterocycles. The first kappa shape index (κ1) is 17.6. The third kappa shape index (κ3) is 3.41. The highest BCUT2D eigenvalue weighted by atomic mass is 79.9. The number of aromatic nitrogens is 1. The van der Waals surface area contributed by atoms with Crippen LogP contribution in [0.25, 0.3) is 0 Å². The number of amides is 2. The summed E-state index contributed by atoms with van der Waals surface area (Å²) < 4.78 is 3.28. The van der Waals surface area contributed by atoms with Gasteiger partial charge in [0.1, 0.15) is 11.1 Å². The zero-order valence-electron chi connectivity index (χ0n) is 12.8. The van der Waals surface area contributed by atoms with Gasteiger partial charge in [-0.15, -0.1) is 11.8 Å². The van der Waals surface area contributed by atoms with E-state index in [4.69, 9.17) is 0 Å². The Bertz CT molecular complexity index is 779. The molecule has 1 unspecified atom stereocenters. The molecule has 0 bridgehead atoms. The van der Waals surface area contributed by atoms with Crippen LogP contribution in [-0.2, 0) is 11.8 Å². The van der Waals surface area contributed by atoms with Crippen molar-refractivity contribution in [1.82, 2.24) is 15.0 Å². The van der Waals surface area contributed by atoms with Crippen LogP contribution in [0, 0.1) is 0 Å². The summed E-state index contributed by atoms with van der Waals surface area (Å²) in [6.07, 6.45) is 0.412. The average molecular weight is 473 g/mol. The van der Waals surface area contributed by atoms with Crippen LogP contribution in [0.5, 0.6) is 0 Å². The van der Waals surface area contributed by atoms with Crippen molar-refractivity contribution in [3.8, 4) is 0 Å². The van der Waals surface area contributed by atoms with Crippen LogP contribution < -0.4 is 5.43 Å². The average Bonchev–Trinajstić information content (AvgIpc) is 2.85. The number of hydrazine groups is 1. The summed E-state index contributed by atoms with van der Waals surface area (Å²) in [7, 11) is 1.78. The number of carbonyl (C=O) groups is 2.